The second-order valence-corrected chi connectivity index (χ2v) is 6.59. The van der Waals surface area contributed by atoms with Gasteiger partial charge in [-0.3, -0.25) is 9.69 Å². The third-order valence-corrected chi connectivity index (χ3v) is 4.47. The number of fused-ring (bicyclic) bond motifs is 1. The molecule has 1 amide bonds. The molecule has 1 aliphatic heterocycles. The molecule has 1 aliphatic rings. The second kappa shape index (κ2) is 6.33. The van der Waals surface area contributed by atoms with E-state index < -0.39 is 6.10 Å². The number of carbonyl (C=O) groups excluding carboxylic acids is 1. The largest absolute Gasteiger partial charge is 0.479 e. The lowest BCUT2D eigenvalue weighted by atomic mass is 10.2. The molecule has 126 valence electrons. The van der Waals surface area contributed by atoms with Crippen molar-refractivity contribution in [1.82, 2.24) is 10.1 Å². The van der Waals surface area contributed by atoms with E-state index in [1.165, 1.54) is 0 Å². The molecule has 0 unspecified atom stereocenters. The fourth-order valence-corrected chi connectivity index (χ4v) is 2.96. The number of para-hydroxylation sites is 2. The van der Waals surface area contributed by atoms with Gasteiger partial charge in [-0.2, -0.15) is 4.98 Å². The average molecular weight is 400 g/mol. The normalized spacial score (nSPS) is 16.5. The summed E-state index contributed by atoms with van der Waals surface area (Å²) in [7, 11) is 0. The summed E-state index contributed by atoms with van der Waals surface area (Å²) in [6, 6.07) is 15.0. The highest BCUT2D eigenvalue weighted by Crippen LogP contribution is 2.34. The molecule has 1 atom stereocenters. The van der Waals surface area contributed by atoms with Crippen LogP contribution in [0.5, 0.6) is 5.75 Å². The lowest BCUT2D eigenvalue weighted by Crippen LogP contribution is -2.44. The van der Waals surface area contributed by atoms with Gasteiger partial charge in [-0.25, -0.2) is 0 Å². The predicted octanol–water partition coefficient (Wildman–Crippen LogP) is 3.81. The van der Waals surface area contributed by atoms with Crippen LogP contribution in [-0.2, 0) is 11.3 Å². The van der Waals surface area contributed by atoms with Gasteiger partial charge in [0, 0.05) is 10.0 Å². The molecule has 0 spiro atoms. The Morgan fingerprint density at radius 3 is 2.72 bits per heavy atom. The standard InChI is InChI=1S/C18H14BrN3O3/c1-11-18(23)22(14-4-2-3-5-15(14)24-11)10-16-20-17(21-25-16)12-6-8-13(19)9-7-12/h2-9,11H,10H2,1H3/t11-/m0/s1. The molecule has 0 fully saturated rings. The molecule has 1 aromatic heterocycles. The van der Waals surface area contributed by atoms with Crippen molar-refractivity contribution in [2.45, 2.75) is 19.6 Å². The van der Waals surface area contributed by atoms with Crippen LogP contribution in [0.2, 0.25) is 0 Å². The number of ether oxygens (including phenoxy) is 1. The van der Waals surface area contributed by atoms with E-state index in [-0.39, 0.29) is 12.5 Å². The van der Waals surface area contributed by atoms with Crippen molar-refractivity contribution in [2.24, 2.45) is 0 Å². The molecule has 3 aromatic rings. The summed E-state index contributed by atoms with van der Waals surface area (Å²) in [6.45, 7) is 1.93. The lowest BCUT2D eigenvalue weighted by molar-refractivity contribution is -0.125. The van der Waals surface area contributed by atoms with Crippen LogP contribution in [0.1, 0.15) is 12.8 Å². The summed E-state index contributed by atoms with van der Waals surface area (Å²) in [5.74, 6) is 1.39. The first kappa shape index (κ1) is 15.8. The van der Waals surface area contributed by atoms with Gasteiger partial charge in [-0.05, 0) is 43.3 Å². The second-order valence-electron chi connectivity index (χ2n) is 5.67. The number of halogens is 1. The number of rotatable bonds is 3. The molecule has 0 radical (unpaired) electrons. The Morgan fingerprint density at radius 1 is 1.16 bits per heavy atom. The minimum absolute atomic E-state index is 0.137. The zero-order valence-electron chi connectivity index (χ0n) is 13.3. The lowest BCUT2D eigenvalue weighted by Gasteiger charge is -2.31. The van der Waals surface area contributed by atoms with E-state index in [1.54, 1.807) is 11.8 Å². The molecule has 0 aliphatic carbocycles. The highest BCUT2D eigenvalue weighted by atomic mass is 79.9. The molecule has 0 saturated heterocycles. The van der Waals surface area contributed by atoms with Crippen LogP contribution < -0.4 is 9.64 Å². The maximum absolute atomic E-state index is 12.5. The number of hydrogen-bond acceptors (Lipinski definition) is 5. The van der Waals surface area contributed by atoms with E-state index in [1.807, 2.05) is 48.5 Å². The topological polar surface area (TPSA) is 68.5 Å². The Labute approximate surface area is 152 Å². The van der Waals surface area contributed by atoms with Crippen molar-refractivity contribution < 1.29 is 14.1 Å². The molecule has 2 aromatic carbocycles. The van der Waals surface area contributed by atoms with Crippen molar-refractivity contribution in [3.8, 4) is 17.1 Å². The molecule has 4 rings (SSSR count). The minimum Gasteiger partial charge on any atom is -0.479 e. The third-order valence-electron chi connectivity index (χ3n) is 3.94. The van der Waals surface area contributed by atoms with Gasteiger partial charge in [0.25, 0.3) is 5.91 Å². The first-order valence-electron chi connectivity index (χ1n) is 7.77. The van der Waals surface area contributed by atoms with Crippen molar-refractivity contribution >= 4 is 27.5 Å². The zero-order valence-corrected chi connectivity index (χ0v) is 14.9. The van der Waals surface area contributed by atoms with E-state index in [9.17, 15) is 4.79 Å². The van der Waals surface area contributed by atoms with Gasteiger partial charge in [-0.1, -0.05) is 33.2 Å². The molecule has 0 N–H and O–H groups in total. The van der Waals surface area contributed by atoms with Crippen LogP contribution in [0.25, 0.3) is 11.4 Å². The van der Waals surface area contributed by atoms with E-state index in [4.69, 9.17) is 9.26 Å². The van der Waals surface area contributed by atoms with Crippen LogP contribution in [-0.4, -0.2) is 22.2 Å². The summed E-state index contributed by atoms with van der Waals surface area (Å²) in [4.78, 5) is 18.5. The summed E-state index contributed by atoms with van der Waals surface area (Å²) in [6.07, 6.45) is -0.552. The number of benzene rings is 2. The van der Waals surface area contributed by atoms with E-state index in [0.717, 1.165) is 10.0 Å². The predicted molar refractivity (Wildman–Crippen MR) is 95.2 cm³/mol. The Balaban J connectivity index is 1.62. The minimum atomic E-state index is -0.552. The monoisotopic (exact) mass is 399 g/mol. The van der Waals surface area contributed by atoms with Gasteiger partial charge in [-0.15, -0.1) is 0 Å². The van der Waals surface area contributed by atoms with E-state index in [2.05, 4.69) is 26.1 Å². The van der Waals surface area contributed by atoms with Crippen molar-refractivity contribution in [3.63, 3.8) is 0 Å². The number of aromatic nitrogens is 2. The highest BCUT2D eigenvalue weighted by Gasteiger charge is 2.32. The molecule has 0 saturated carbocycles. The van der Waals surface area contributed by atoms with E-state index >= 15 is 0 Å². The van der Waals surface area contributed by atoms with Gasteiger partial charge >= 0.3 is 0 Å². The van der Waals surface area contributed by atoms with Crippen LogP contribution in [0.4, 0.5) is 5.69 Å². The van der Waals surface area contributed by atoms with Crippen molar-refractivity contribution in [3.05, 3.63) is 58.9 Å². The van der Waals surface area contributed by atoms with Crippen LogP contribution >= 0.6 is 15.9 Å². The van der Waals surface area contributed by atoms with Gasteiger partial charge in [0.15, 0.2) is 6.10 Å². The van der Waals surface area contributed by atoms with Crippen LogP contribution in [0.15, 0.2) is 57.5 Å². The first-order valence-corrected chi connectivity index (χ1v) is 8.57. The maximum Gasteiger partial charge on any atom is 0.268 e. The number of amides is 1. The fourth-order valence-electron chi connectivity index (χ4n) is 2.69. The molecule has 7 heteroatoms. The van der Waals surface area contributed by atoms with E-state index in [0.29, 0.717) is 23.2 Å². The third kappa shape index (κ3) is 3.02. The molecular weight excluding hydrogens is 386 g/mol. The van der Waals surface area contributed by atoms with Crippen molar-refractivity contribution in [1.29, 1.82) is 0 Å². The Bertz CT molecular complexity index is 923. The van der Waals surface area contributed by atoms with Gasteiger partial charge in [0.1, 0.15) is 12.3 Å². The number of anilines is 1. The van der Waals surface area contributed by atoms with Gasteiger partial charge in [0.2, 0.25) is 11.7 Å². The zero-order chi connectivity index (χ0) is 17.4. The first-order chi connectivity index (χ1) is 12.1. The molecule has 2 heterocycles. The molecule has 6 nitrogen and oxygen atoms in total. The molecule has 0 bridgehead atoms. The molecular formula is C18H14BrN3O3. The average Bonchev–Trinajstić information content (AvgIpc) is 3.08. The Kier molecular flexibility index (Phi) is 4.01. The van der Waals surface area contributed by atoms with Crippen molar-refractivity contribution in [2.75, 3.05) is 4.90 Å². The summed E-state index contributed by atoms with van der Waals surface area (Å²) < 4.78 is 12.0. The molecule has 25 heavy (non-hydrogen) atoms. The summed E-state index contributed by atoms with van der Waals surface area (Å²) in [5, 5.41) is 4.01. The van der Waals surface area contributed by atoms with Crippen LogP contribution in [0.3, 0.4) is 0 Å². The van der Waals surface area contributed by atoms with Gasteiger partial charge in [0.05, 0.1) is 5.69 Å². The fraction of sp³-hybridized carbons (Fsp3) is 0.167. The number of hydrogen-bond donors (Lipinski definition) is 0. The smallest absolute Gasteiger partial charge is 0.268 e. The Hall–Kier alpha value is -2.67. The van der Waals surface area contributed by atoms with Gasteiger partial charge < -0.3 is 9.26 Å². The number of nitrogens with zero attached hydrogens (tertiary/aromatic N) is 3. The number of carbonyl (C=O) groups is 1. The Morgan fingerprint density at radius 2 is 1.92 bits per heavy atom. The summed E-state index contributed by atoms with van der Waals surface area (Å²) in [5.41, 5.74) is 1.55. The summed E-state index contributed by atoms with van der Waals surface area (Å²) >= 11 is 3.40. The quantitative estimate of drug-likeness (QED) is 0.669. The van der Waals surface area contributed by atoms with Crippen LogP contribution in [0, 0.1) is 0 Å². The highest BCUT2D eigenvalue weighted by molar-refractivity contribution is 9.10. The SMILES string of the molecule is C[C@@H]1Oc2ccccc2N(Cc2nc(-c3ccc(Br)cc3)no2)C1=O. The maximum atomic E-state index is 12.5.